The number of amides is 1. The molecule has 0 saturated carbocycles. The quantitative estimate of drug-likeness (QED) is 0.513. The largest absolute Gasteiger partial charge is 0.454 e. The van der Waals surface area contributed by atoms with Gasteiger partial charge in [0.1, 0.15) is 0 Å². The minimum absolute atomic E-state index is 0.0211. The molecule has 0 atom stereocenters. The summed E-state index contributed by atoms with van der Waals surface area (Å²) in [7, 11) is -3.71. The van der Waals surface area contributed by atoms with Crippen LogP contribution in [0.15, 0.2) is 53.4 Å². The molecule has 0 aliphatic heterocycles. The van der Waals surface area contributed by atoms with Crippen molar-refractivity contribution in [3.63, 3.8) is 0 Å². The lowest BCUT2D eigenvalue weighted by molar-refractivity contribution is -0.114. The van der Waals surface area contributed by atoms with Crippen molar-refractivity contribution in [3.8, 4) is 0 Å². The van der Waals surface area contributed by atoms with Gasteiger partial charge in [0.15, 0.2) is 12.4 Å². The average molecular weight is 404 g/mol. The van der Waals surface area contributed by atoms with Crippen molar-refractivity contribution >= 4 is 33.4 Å². The van der Waals surface area contributed by atoms with Gasteiger partial charge in [-0.2, -0.15) is 0 Å². The SMILES string of the molecule is CCNS(=O)(=O)c1cccc(C(=O)OCC(=O)c2ccc(NC(C)=O)cc2)c1. The van der Waals surface area contributed by atoms with E-state index in [0.717, 1.165) is 0 Å². The van der Waals surface area contributed by atoms with Crippen molar-refractivity contribution in [1.29, 1.82) is 0 Å². The van der Waals surface area contributed by atoms with Crippen molar-refractivity contribution in [3.05, 3.63) is 59.7 Å². The molecule has 1 amide bonds. The van der Waals surface area contributed by atoms with E-state index in [1.165, 1.54) is 43.3 Å². The van der Waals surface area contributed by atoms with Crippen molar-refractivity contribution in [1.82, 2.24) is 4.72 Å². The monoisotopic (exact) mass is 404 g/mol. The standard InChI is InChI=1S/C19H20N2O6S/c1-3-20-28(25,26)17-6-4-5-15(11-17)19(24)27-12-18(23)14-7-9-16(10-8-14)21-13(2)22/h4-11,20H,3,12H2,1-2H3,(H,21,22). The first kappa shape index (κ1) is 21.3. The molecule has 2 aromatic rings. The van der Waals surface area contributed by atoms with E-state index >= 15 is 0 Å². The number of hydrogen-bond donors (Lipinski definition) is 2. The third-order valence-corrected chi connectivity index (χ3v) is 5.12. The zero-order valence-electron chi connectivity index (χ0n) is 15.4. The van der Waals surface area contributed by atoms with Gasteiger partial charge in [0.25, 0.3) is 0 Å². The smallest absolute Gasteiger partial charge is 0.338 e. The van der Waals surface area contributed by atoms with Crippen molar-refractivity contribution in [2.75, 3.05) is 18.5 Å². The molecule has 28 heavy (non-hydrogen) atoms. The number of carbonyl (C=O) groups excluding carboxylic acids is 3. The minimum atomic E-state index is -3.71. The molecule has 0 heterocycles. The lowest BCUT2D eigenvalue weighted by Crippen LogP contribution is -2.23. The molecule has 0 bridgehead atoms. The van der Waals surface area contributed by atoms with Crippen molar-refractivity contribution in [2.45, 2.75) is 18.7 Å². The molecular weight excluding hydrogens is 384 g/mol. The van der Waals surface area contributed by atoms with Crippen LogP contribution >= 0.6 is 0 Å². The van der Waals surface area contributed by atoms with Gasteiger partial charge in [0, 0.05) is 24.7 Å². The van der Waals surface area contributed by atoms with Gasteiger partial charge in [-0.05, 0) is 42.5 Å². The Labute approximate surface area is 163 Å². The van der Waals surface area contributed by atoms with Gasteiger partial charge in [-0.3, -0.25) is 9.59 Å². The highest BCUT2D eigenvalue weighted by Crippen LogP contribution is 2.13. The van der Waals surface area contributed by atoms with E-state index in [4.69, 9.17) is 4.74 Å². The Morgan fingerprint density at radius 1 is 1.00 bits per heavy atom. The molecule has 0 fully saturated rings. The van der Waals surface area contributed by atoms with Gasteiger partial charge in [0.05, 0.1) is 10.5 Å². The number of hydrogen-bond acceptors (Lipinski definition) is 6. The van der Waals surface area contributed by atoms with E-state index in [-0.39, 0.29) is 22.9 Å². The molecule has 0 aliphatic rings. The number of Topliss-reactive ketones (excluding diaryl/α,β-unsaturated/α-hetero) is 1. The summed E-state index contributed by atoms with van der Waals surface area (Å²) in [5.74, 6) is -1.47. The molecule has 0 spiro atoms. The highest BCUT2D eigenvalue weighted by atomic mass is 32.2. The minimum Gasteiger partial charge on any atom is -0.454 e. The molecule has 0 aliphatic carbocycles. The van der Waals surface area contributed by atoms with Gasteiger partial charge in [-0.15, -0.1) is 0 Å². The van der Waals surface area contributed by atoms with Crippen LogP contribution in [0.25, 0.3) is 0 Å². The van der Waals surface area contributed by atoms with Crippen molar-refractivity contribution < 1.29 is 27.5 Å². The summed E-state index contributed by atoms with van der Waals surface area (Å²) in [6.45, 7) is 2.73. The summed E-state index contributed by atoms with van der Waals surface area (Å²) in [5.41, 5.74) is 0.873. The maximum atomic E-state index is 12.2. The van der Waals surface area contributed by atoms with Crippen LogP contribution in [-0.4, -0.2) is 39.2 Å². The van der Waals surface area contributed by atoms with E-state index in [2.05, 4.69) is 10.0 Å². The average Bonchev–Trinajstić information content (AvgIpc) is 2.66. The summed E-state index contributed by atoms with van der Waals surface area (Å²) in [6, 6.07) is 11.5. The van der Waals surface area contributed by atoms with Gasteiger partial charge >= 0.3 is 5.97 Å². The van der Waals surface area contributed by atoms with Gasteiger partial charge in [-0.25, -0.2) is 17.9 Å². The van der Waals surface area contributed by atoms with Crippen LogP contribution in [0.3, 0.4) is 0 Å². The maximum absolute atomic E-state index is 12.2. The highest BCUT2D eigenvalue weighted by molar-refractivity contribution is 7.89. The first-order valence-corrected chi connectivity index (χ1v) is 9.89. The fourth-order valence-electron chi connectivity index (χ4n) is 2.30. The summed E-state index contributed by atoms with van der Waals surface area (Å²) in [6.07, 6.45) is 0. The highest BCUT2D eigenvalue weighted by Gasteiger charge is 2.17. The fraction of sp³-hybridized carbons (Fsp3) is 0.211. The van der Waals surface area contributed by atoms with Gasteiger partial charge in [0.2, 0.25) is 15.9 Å². The number of carbonyl (C=O) groups is 3. The summed E-state index contributed by atoms with van der Waals surface area (Å²) >= 11 is 0. The molecule has 2 N–H and O–H groups in total. The van der Waals surface area contributed by atoms with Crippen LogP contribution < -0.4 is 10.0 Å². The lowest BCUT2D eigenvalue weighted by atomic mass is 10.1. The molecule has 0 unspecified atom stereocenters. The van der Waals surface area contributed by atoms with Crippen LogP contribution in [0.2, 0.25) is 0 Å². The van der Waals surface area contributed by atoms with E-state index in [1.807, 2.05) is 0 Å². The zero-order valence-corrected chi connectivity index (χ0v) is 16.2. The van der Waals surface area contributed by atoms with Crippen LogP contribution in [0.5, 0.6) is 0 Å². The predicted molar refractivity (Wildman–Crippen MR) is 103 cm³/mol. The number of rotatable bonds is 8. The molecule has 2 aromatic carbocycles. The first-order chi connectivity index (χ1) is 13.2. The van der Waals surface area contributed by atoms with Crippen molar-refractivity contribution in [2.24, 2.45) is 0 Å². The molecule has 0 aromatic heterocycles. The Hall–Kier alpha value is -3.04. The predicted octanol–water partition coefficient (Wildman–Crippen LogP) is 1.98. The Bertz CT molecular complexity index is 984. The topological polar surface area (TPSA) is 119 Å². The Morgan fingerprint density at radius 3 is 2.29 bits per heavy atom. The fourth-order valence-corrected chi connectivity index (χ4v) is 3.39. The number of nitrogens with one attached hydrogen (secondary N) is 2. The van der Waals surface area contributed by atoms with E-state index in [0.29, 0.717) is 11.3 Å². The van der Waals surface area contributed by atoms with Crippen LogP contribution in [0.4, 0.5) is 5.69 Å². The number of esters is 1. The number of sulfonamides is 1. The summed E-state index contributed by atoms with van der Waals surface area (Å²) in [4.78, 5) is 35.2. The lowest BCUT2D eigenvalue weighted by Gasteiger charge is -2.08. The zero-order chi connectivity index (χ0) is 20.7. The normalized spacial score (nSPS) is 10.9. The summed E-state index contributed by atoms with van der Waals surface area (Å²) < 4.78 is 31.3. The van der Waals surface area contributed by atoms with Crippen LogP contribution in [0.1, 0.15) is 34.6 Å². The second kappa shape index (κ2) is 9.25. The molecule has 8 nitrogen and oxygen atoms in total. The van der Waals surface area contributed by atoms with E-state index in [9.17, 15) is 22.8 Å². The Kier molecular flexibility index (Phi) is 7.02. The number of anilines is 1. The molecule has 2 rings (SSSR count). The third kappa shape index (κ3) is 5.73. The molecule has 148 valence electrons. The number of ketones is 1. The second-order valence-electron chi connectivity index (χ2n) is 5.79. The van der Waals surface area contributed by atoms with E-state index in [1.54, 1.807) is 19.1 Å². The molecule has 9 heteroatoms. The third-order valence-electron chi connectivity index (χ3n) is 3.58. The molecular formula is C19H20N2O6S. The Balaban J connectivity index is 2.02. The maximum Gasteiger partial charge on any atom is 0.338 e. The van der Waals surface area contributed by atoms with Gasteiger partial charge in [-0.1, -0.05) is 13.0 Å². The first-order valence-electron chi connectivity index (χ1n) is 8.40. The summed E-state index contributed by atoms with van der Waals surface area (Å²) in [5, 5.41) is 2.58. The number of benzene rings is 2. The molecule has 0 saturated heterocycles. The number of ether oxygens (including phenoxy) is 1. The van der Waals surface area contributed by atoms with Gasteiger partial charge < -0.3 is 10.1 Å². The Morgan fingerprint density at radius 2 is 1.68 bits per heavy atom. The van der Waals surface area contributed by atoms with E-state index < -0.39 is 28.4 Å². The van der Waals surface area contributed by atoms with Crippen LogP contribution in [-0.2, 0) is 19.6 Å². The van der Waals surface area contributed by atoms with Crippen LogP contribution in [0, 0.1) is 0 Å². The molecule has 0 radical (unpaired) electrons. The second-order valence-corrected chi connectivity index (χ2v) is 7.55.